The average molecular weight is 467 g/mol. The van der Waals surface area contributed by atoms with Crippen LogP contribution in [0, 0.1) is 5.82 Å². The normalized spacial score (nSPS) is 11.1. The zero-order valence-corrected chi connectivity index (χ0v) is 18.6. The van der Waals surface area contributed by atoms with E-state index in [1.807, 2.05) is 0 Å². The van der Waals surface area contributed by atoms with Gasteiger partial charge in [-0.25, -0.2) is 18.3 Å². The molecule has 0 radical (unpaired) electrons. The second-order valence-corrected chi connectivity index (χ2v) is 8.65. The molecule has 0 aliphatic heterocycles. The van der Waals surface area contributed by atoms with Crippen LogP contribution in [-0.4, -0.2) is 65.4 Å². The number of anilines is 2. The smallest absolute Gasteiger partial charge is 0.337 e. The molecule has 0 aromatic heterocycles. The number of esters is 2. The van der Waals surface area contributed by atoms with E-state index in [4.69, 9.17) is 0 Å². The number of halogens is 1. The lowest BCUT2D eigenvalue weighted by atomic mass is 10.1. The molecule has 0 aliphatic rings. The first kappa shape index (κ1) is 24.8. The summed E-state index contributed by atoms with van der Waals surface area (Å²) in [5.74, 6) is -3.23. The number of nitrogens with one attached hydrogen (secondary N) is 1. The molecule has 12 heteroatoms. The lowest BCUT2D eigenvalue weighted by Crippen LogP contribution is -2.44. The van der Waals surface area contributed by atoms with Gasteiger partial charge in [0.2, 0.25) is 5.91 Å². The highest BCUT2D eigenvalue weighted by atomic mass is 32.2. The van der Waals surface area contributed by atoms with Gasteiger partial charge in [0.1, 0.15) is 12.4 Å². The van der Waals surface area contributed by atoms with Crippen LogP contribution in [-0.2, 0) is 24.5 Å². The summed E-state index contributed by atoms with van der Waals surface area (Å²) < 4.78 is 50.4. The quantitative estimate of drug-likeness (QED) is 0.586. The highest BCUT2D eigenvalue weighted by molar-refractivity contribution is 7.90. The molecule has 172 valence electrons. The molecule has 0 heterocycles. The summed E-state index contributed by atoms with van der Waals surface area (Å²) in [6.45, 7) is -0.780. The lowest BCUT2D eigenvalue weighted by molar-refractivity contribution is -0.114. The fourth-order valence-electron chi connectivity index (χ4n) is 2.64. The van der Waals surface area contributed by atoms with Crippen molar-refractivity contribution in [1.29, 1.82) is 0 Å². The van der Waals surface area contributed by atoms with Gasteiger partial charge in [0.15, 0.2) is 0 Å². The molecule has 1 N–H and O–H groups in total. The number of carbonyl (C=O) groups is 3. The van der Waals surface area contributed by atoms with Crippen LogP contribution in [0.3, 0.4) is 0 Å². The Labute approximate surface area is 184 Å². The number of hydrogen-bond donors (Lipinski definition) is 1. The van der Waals surface area contributed by atoms with Gasteiger partial charge in [-0.15, -0.1) is 0 Å². The van der Waals surface area contributed by atoms with Crippen LogP contribution in [0.2, 0.25) is 0 Å². The summed E-state index contributed by atoms with van der Waals surface area (Å²) in [4.78, 5) is 36.5. The number of carbonyl (C=O) groups excluding carboxylic acids is 3. The van der Waals surface area contributed by atoms with Crippen molar-refractivity contribution in [2.75, 3.05) is 44.5 Å². The Hall–Kier alpha value is -3.51. The van der Waals surface area contributed by atoms with Gasteiger partial charge in [-0.3, -0.25) is 4.79 Å². The molecule has 0 atom stereocenters. The van der Waals surface area contributed by atoms with Gasteiger partial charge in [0.05, 0.1) is 31.0 Å². The summed E-state index contributed by atoms with van der Waals surface area (Å²) in [6.07, 6.45) is 0. The van der Waals surface area contributed by atoms with Crippen LogP contribution < -0.4 is 9.62 Å². The van der Waals surface area contributed by atoms with Crippen LogP contribution in [0.15, 0.2) is 42.5 Å². The van der Waals surface area contributed by atoms with Crippen molar-refractivity contribution in [1.82, 2.24) is 4.31 Å². The maximum atomic E-state index is 14.3. The van der Waals surface area contributed by atoms with E-state index in [0.717, 1.165) is 24.6 Å². The van der Waals surface area contributed by atoms with Gasteiger partial charge in [-0.1, -0.05) is 12.1 Å². The lowest BCUT2D eigenvalue weighted by Gasteiger charge is -2.27. The first-order valence-corrected chi connectivity index (χ1v) is 10.5. The Morgan fingerprint density at radius 3 is 1.97 bits per heavy atom. The zero-order valence-electron chi connectivity index (χ0n) is 17.8. The van der Waals surface area contributed by atoms with Gasteiger partial charge in [0, 0.05) is 19.8 Å². The molecule has 0 saturated carbocycles. The van der Waals surface area contributed by atoms with Crippen molar-refractivity contribution in [2.45, 2.75) is 0 Å². The largest absolute Gasteiger partial charge is 0.465 e. The minimum absolute atomic E-state index is 0.00837. The molecule has 2 aromatic carbocycles. The number of para-hydroxylation sites is 1. The van der Waals surface area contributed by atoms with Gasteiger partial charge in [-0.2, -0.15) is 12.7 Å². The van der Waals surface area contributed by atoms with E-state index < -0.39 is 40.4 Å². The van der Waals surface area contributed by atoms with E-state index in [2.05, 4.69) is 14.8 Å². The molecule has 0 saturated heterocycles. The Morgan fingerprint density at radius 1 is 0.969 bits per heavy atom. The number of ether oxygens (including phenoxy) is 2. The molecular formula is C20H22FN3O7S. The topological polar surface area (TPSA) is 122 Å². The summed E-state index contributed by atoms with van der Waals surface area (Å²) in [7, 11) is 0.529. The van der Waals surface area contributed by atoms with Gasteiger partial charge >= 0.3 is 22.1 Å². The fraction of sp³-hybridized carbons (Fsp3) is 0.250. The van der Waals surface area contributed by atoms with E-state index in [9.17, 15) is 27.2 Å². The van der Waals surface area contributed by atoms with E-state index in [-0.39, 0.29) is 22.5 Å². The Morgan fingerprint density at radius 2 is 1.50 bits per heavy atom. The Balaban J connectivity index is 2.41. The molecular weight excluding hydrogens is 445 g/mol. The highest BCUT2D eigenvalue weighted by Crippen LogP contribution is 2.23. The second kappa shape index (κ2) is 10.2. The number of rotatable bonds is 8. The summed E-state index contributed by atoms with van der Waals surface area (Å²) in [5, 5.41) is 2.41. The van der Waals surface area contributed by atoms with Crippen molar-refractivity contribution in [2.24, 2.45) is 0 Å². The van der Waals surface area contributed by atoms with E-state index >= 15 is 0 Å². The van der Waals surface area contributed by atoms with E-state index in [1.54, 1.807) is 0 Å². The predicted octanol–water partition coefficient (Wildman–Crippen LogP) is 1.65. The maximum Gasteiger partial charge on any atom is 0.337 e. The number of amides is 1. The zero-order chi connectivity index (χ0) is 24.1. The predicted molar refractivity (Wildman–Crippen MR) is 114 cm³/mol. The first-order valence-electron chi connectivity index (χ1n) is 9.07. The van der Waals surface area contributed by atoms with Crippen molar-refractivity contribution < 1.29 is 36.7 Å². The average Bonchev–Trinajstić information content (AvgIpc) is 2.76. The molecule has 2 rings (SSSR count). The third-order valence-electron chi connectivity index (χ3n) is 4.21. The molecule has 0 fully saturated rings. The van der Waals surface area contributed by atoms with Crippen LogP contribution in [0.5, 0.6) is 0 Å². The molecule has 0 aliphatic carbocycles. The highest BCUT2D eigenvalue weighted by Gasteiger charge is 2.29. The van der Waals surface area contributed by atoms with Gasteiger partial charge in [-0.05, 0) is 30.3 Å². The molecule has 0 unspecified atom stereocenters. The number of hydrogen-bond acceptors (Lipinski definition) is 7. The molecule has 0 bridgehead atoms. The van der Waals surface area contributed by atoms with Gasteiger partial charge in [0.25, 0.3) is 0 Å². The fourth-order valence-corrected chi connectivity index (χ4v) is 3.72. The molecule has 10 nitrogen and oxygen atoms in total. The number of nitrogens with zero attached hydrogens (tertiary/aromatic N) is 2. The molecule has 32 heavy (non-hydrogen) atoms. The van der Waals surface area contributed by atoms with Gasteiger partial charge < -0.3 is 14.8 Å². The standard InChI is InChI=1S/C20H22FN3O7S/c1-23(2)32(28,29)24(17-8-6-5-7-16(17)21)12-18(25)22-15-10-13(19(26)30-3)9-14(11-15)20(27)31-4/h5-11H,12H2,1-4H3,(H,22,25). The van der Waals surface area contributed by atoms with Crippen molar-refractivity contribution >= 4 is 39.4 Å². The third-order valence-corrected chi connectivity index (χ3v) is 6.01. The van der Waals surface area contributed by atoms with Crippen LogP contribution in [0.4, 0.5) is 15.8 Å². The minimum atomic E-state index is -4.24. The van der Waals surface area contributed by atoms with E-state index in [0.29, 0.717) is 4.31 Å². The number of methoxy groups -OCH3 is 2. The molecule has 1 amide bonds. The summed E-state index contributed by atoms with van der Waals surface area (Å²) >= 11 is 0. The summed E-state index contributed by atoms with van der Waals surface area (Å²) in [6, 6.07) is 8.79. The van der Waals surface area contributed by atoms with Crippen LogP contribution in [0.1, 0.15) is 20.7 Å². The van der Waals surface area contributed by atoms with Crippen LogP contribution >= 0.6 is 0 Å². The monoisotopic (exact) mass is 467 g/mol. The third kappa shape index (κ3) is 5.59. The van der Waals surface area contributed by atoms with Crippen molar-refractivity contribution in [3.05, 3.63) is 59.4 Å². The van der Waals surface area contributed by atoms with Crippen molar-refractivity contribution in [3.63, 3.8) is 0 Å². The minimum Gasteiger partial charge on any atom is -0.465 e. The number of benzene rings is 2. The van der Waals surface area contributed by atoms with Crippen LogP contribution in [0.25, 0.3) is 0 Å². The molecule has 2 aromatic rings. The second-order valence-electron chi connectivity index (χ2n) is 6.58. The Bertz CT molecular complexity index is 1100. The van der Waals surface area contributed by atoms with Crippen molar-refractivity contribution in [3.8, 4) is 0 Å². The summed E-state index contributed by atoms with van der Waals surface area (Å²) in [5.41, 5.74) is -0.404. The van der Waals surface area contributed by atoms with E-state index in [1.165, 1.54) is 50.5 Å². The SMILES string of the molecule is COC(=O)c1cc(NC(=O)CN(c2ccccc2F)S(=O)(=O)N(C)C)cc(C(=O)OC)c1. The first-order chi connectivity index (χ1) is 15.0. The Kier molecular flexibility index (Phi) is 7.89. The molecule has 0 spiro atoms. The maximum absolute atomic E-state index is 14.3.